The van der Waals surface area contributed by atoms with Gasteiger partial charge in [-0.2, -0.15) is 0 Å². The molecule has 1 unspecified atom stereocenters. The number of aliphatic hydroxyl groups is 1. The maximum atomic E-state index is 15.1. The Morgan fingerprint density at radius 3 is 2.67 bits per heavy atom. The quantitative estimate of drug-likeness (QED) is 0.168. The van der Waals surface area contributed by atoms with Crippen LogP contribution in [0.3, 0.4) is 0 Å². The average Bonchev–Trinajstić information content (AvgIpc) is 3.34. The fourth-order valence-corrected chi connectivity index (χ4v) is 6.62. The number of carbonyl (C=O) groups excluding carboxylic acids is 1. The summed E-state index contributed by atoms with van der Waals surface area (Å²) in [5.41, 5.74) is 12.5. The first-order valence-electron chi connectivity index (χ1n) is 16.0. The molecule has 5 rings (SSSR count). The number of piperidine rings is 1. The van der Waals surface area contributed by atoms with Crippen LogP contribution in [0.4, 0.5) is 10.2 Å². The van der Waals surface area contributed by atoms with Crippen molar-refractivity contribution >= 4 is 22.6 Å². The van der Waals surface area contributed by atoms with Crippen LogP contribution in [0.15, 0.2) is 60.8 Å². The first-order valence-corrected chi connectivity index (χ1v) is 16.0. The number of ether oxygens (including phenoxy) is 1. The van der Waals surface area contributed by atoms with E-state index in [4.69, 9.17) is 10.5 Å². The summed E-state index contributed by atoms with van der Waals surface area (Å²) < 4.78 is 22.5. The molecule has 1 saturated heterocycles. The number of hydrogen-bond donors (Lipinski definition) is 3. The van der Waals surface area contributed by atoms with Gasteiger partial charge in [0.1, 0.15) is 11.6 Å². The molecular weight excluding hydrogens is 569 g/mol. The monoisotopic (exact) mass is 615 g/mol. The summed E-state index contributed by atoms with van der Waals surface area (Å²) in [4.78, 5) is 19.9. The second kappa shape index (κ2) is 15.0. The summed E-state index contributed by atoms with van der Waals surface area (Å²) in [7, 11) is 1.68. The molecule has 0 spiro atoms. The number of nitrogens with one attached hydrogen (secondary N) is 1. The Morgan fingerprint density at radius 2 is 1.96 bits per heavy atom. The topological polar surface area (TPSA) is 106 Å². The second-order valence-electron chi connectivity index (χ2n) is 12.3. The number of aliphatic hydroxyl groups excluding tert-OH is 1. The summed E-state index contributed by atoms with van der Waals surface area (Å²) in [6.07, 6.45) is 5.36. The first-order chi connectivity index (χ1) is 21.8. The molecule has 0 aliphatic carbocycles. The van der Waals surface area contributed by atoms with Crippen molar-refractivity contribution in [2.75, 3.05) is 38.7 Å². The van der Waals surface area contributed by atoms with E-state index in [0.29, 0.717) is 31.6 Å². The number of anilines is 1. The number of aromatic nitrogens is 2. The lowest BCUT2D eigenvalue weighted by atomic mass is 9.91. The van der Waals surface area contributed by atoms with E-state index in [1.165, 1.54) is 6.07 Å². The van der Waals surface area contributed by atoms with Crippen molar-refractivity contribution < 1.29 is 19.0 Å². The Kier molecular flexibility index (Phi) is 10.9. The third-order valence-electron chi connectivity index (χ3n) is 8.88. The van der Waals surface area contributed by atoms with Gasteiger partial charge in [0, 0.05) is 80.6 Å². The molecule has 0 bridgehead atoms. The molecule has 8 nitrogen and oxygen atoms in total. The van der Waals surface area contributed by atoms with Crippen LogP contribution in [0, 0.1) is 12.7 Å². The molecule has 1 amide bonds. The number of amides is 1. The van der Waals surface area contributed by atoms with Crippen LogP contribution < -0.4 is 11.1 Å². The minimum Gasteiger partial charge on any atom is -0.394 e. The standard InChI is InChI=1S/C36H46FN5O3/c1-24(23-43)40-33-15-14-28(21-39-33)27-12-10-26(11-13-27)19-30(38)20-34(44)41-16-5-7-29(22-41)35-25(2)31-8-4-9-32(37)36(31)42(35)17-6-18-45-3/h4,8-15,21,24,29-30,43H,5-7,16-20,22-23,38H2,1-3H3,(H,39,40)/t24-,29?,30-/m1/s1. The number of nitrogens with two attached hydrogens (primary N) is 1. The fraction of sp³-hybridized carbons (Fsp3) is 0.444. The van der Waals surface area contributed by atoms with E-state index in [0.717, 1.165) is 65.0 Å². The predicted molar refractivity (Wildman–Crippen MR) is 178 cm³/mol. The van der Waals surface area contributed by atoms with Gasteiger partial charge < -0.3 is 30.4 Å². The Labute approximate surface area is 265 Å². The number of nitrogens with zero attached hydrogens (tertiary/aromatic N) is 3. The van der Waals surface area contributed by atoms with Crippen molar-refractivity contribution in [1.29, 1.82) is 0 Å². The van der Waals surface area contributed by atoms with Crippen molar-refractivity contribution in [2.24, 2.45) is 5.73 Å². The molecule has 2 aromatic carbocycles. The zero-order chi connectivity index (χ0) is 31.9. The molecule has 4 N–H and O–H groups in total. The van der Waals surface area contributed by atoms with Gasteiger partial charge in [0.2, 0.25) is 5.91 Å². The van der Waals surface area contributed by atoms with Gasteiger partial charge in [0.15, 0.2) is 0 Å². The van der Waals surface area contributed by atoms with E-state index >= 15 is 4.39 Å². The number of methoxy groups -OCH3 is 1. The van der Waals surface area contributed by atoms with Crippen LogP contribution in [0.5, 0.6) is 0 Å². The normalized spacial score (nSPS) is 16.6. The zero-order valence-corrected chi connectivity index (χ0v) is 26.6. The SMILES string of the molecule is COCCCn1c(C2CCCN(C(=O)C[C@H](N)Cc3ccc(-c4ccc(N[C@H](C)CO)nc4)cc3)C2)c(C)c2cccc(F)c21. The number of likely N-dealkylation sites (tertiary alicyclic amines) is 1. The van der Waals surface area contributed by atoms with Crippen molar-refractivity contribution in [1.82, 2.24) is 14.5 Å². The Balaban J connectivity index is 1.21. The number of halogens is 1. The summed E-state index contributed by atoms with van der Waals surface area (Å²) >= 11 is 0. The van der Waals surface area contributed by atoms with Gasteiger partial charge in [-0.1, -0.05) is 36.4 Å². The number of hydrogen-bond acceptors (Lipinski definition) is 6. The number of benzene rings is 2. The second-order valence-corrected chi connectivity index (χ2v) is 12.3. The molecule has 0 saturated carbocycles. The molecular formula is C36H46FN5O3. The molecule has 1 aliphatic rings. The van der Waals surface area contributed by atoms with Gasteiger partial charge in [0.25, 0.3) is 0 Å². The van der Waals surface area contributed by atoms with Gasteiger partial charge in [0.05, 0.1) is 12.1 Å². The maximum Gasteiger partial charge on any atom is 0.224 e. The minimum absolute atomic E-state index is 0.0428. The smallest absolute Gasteiger partial charge is 0.224 e. The van der Waals surface area contributed by atoms with Crippen molar-refractivity contribution in [3.05, 3.63) is 83.4 Å². The lowest BCUT2D eigenvalue weighted by Crippen LogP contribution is -2.42. The maximum absolute atomic E-state index is 15.1. The van der Waals surface area contributed by atoms with Crippen molar-refractivity contribution in [3.63, 3.8) is 0 Å². The predicted octanol–water partition coefficient (Wildman–Crippen LogP) is 5.65. The molecule has 45 heavy (non-hydrogen) atoms. The minimum atomic E-state index is -0.291. The zero-order valence-electron chi connectivity index (χ0n) is 26.6. The average molecular weight is 616 g/mol. The number of aryl methyl sites for hydroxylation is 2. The van der Waals surface area contributed by atoms with Crippen LogP contribution in [-0.2, 0) is 22.5 Å². The molecule has 3 atom stereocenters. The van der Waals surface area contributed by atoms with Crippen LogP contribution in [-0.4, -0.2) is 71.0 Å². The molecule has 9 heteroatoms. The molecule has 1 fully saturated rings. The third kappa shape index (κ3) is 7.72. The van der Waals surface area contributed by atoms with Crippen molar-refractivity contribution in [2.45, 2.75) is 70.5 Å². The number of rotatable bonds is 13. The highest BCUT2D eigenvalue weighted by atomic mass is 19.1. The van der Waals surface area contributed by atoms with Gasteiger partial charge in [-0.15, -0.1) is 0 Å². The van der Waals surface area contributed by atoms with Gasteiger partial charge in [-0.25, -0.2) is 9.37 Å². The van der Waals surface area contributed by atoms with Gasteiger partial charge in [-0.05, 0) is 74.4 Å². The molecule has 2 aromatic heterocycles. The summed E-state index contributed by atoms with van der Waals surface area (Å²) in [5, 5.41) is 13.3. The van der Waals surface area contributed by atoms with E-state index in [1.807, 2.05) is 36.2 Å². The number of carbonyl (C=O) groups is 1. The fourth-order valence-electron chi connectivity index (χ4n) is 6.62. The highest BCUT2D eigenvalue weighted by Crippen LogP contribution is 2.37. The lowest BCUT2D eigenvalue weighted by Gasteiger charge is -2.34. The van der Waals surface area contributed by atoms with Crippen LogP contribution in [0.1, 0.15) is 55.3 Å². The van der Waals surface area contributed by atoms with E-state index < -0.39 is 0 Å². The number of para-hydroxylation sites is 1. The Hall–Kier alpha value is -3.79. The van der Waals surface area contributed by atoms with E-state index in [-0.39, 0.29) is 42.8 Å². The number of fused-ring (bicyclic) bond motifs is 1. The summed E-state index contributed by atoms with van der Waals surface area (Å²) in [6, 6.07) is 17.1. The summed E-state index contributed by atoms with van der Waals surface area (Å²) in [5.74, 6) is 0.724. The van der Waals surface area contributed by atoms with E-state index in [1.54, 1.807) is 13.2 Å². The molecule has 240 valence electrons. The first kappa shape index (κ1) is 32.6. The molecule has 1 aliphatic heterocycles. The van der Waals surface area contributed by atoms with Crippen LogP contribution in [0.25, 0.3) is 22.0 Å². The summed E-state index contributed by atoms with van der Waals surface area (Å²) in [6.45, 7) is 6.63. The largest absolute Gasteiger partial charge is 0.394 e. The molecule has 3 heterocycles. The molecule has 0 radical (unpaired) electrons. The van der Waals surface area contributed by atoms with E-state index in [2.05, 4.69) is 46.1 Å². The van der Waals surface area contributed by atoms with E-state index in [9.17, 15) is 9.90 Å². The molecule has 4 aromatic rings. The Morgan fingerprint density at radius 1 is 1.18 bits per heavy atom. The highest BCUT2D eigenvalue weighted by molar-refractivity contribution is 5.86. The highest BCUT2D eigenvalue weighted by Gasteiger charge is 2.30. The third-order valence-corrected chi connectivity index (χ3v) is 8.88. The van der Waals surface area contributed by atoms with Crippen LogP contribution in [0.2, 0.25) is 0 Å². The van der Waals surface area contributed by atoms with Gasteiger partial charge >= 0.3 is 0 Å². The van der Waals surface area contributed by atoms with Gasteiger partial charge in [-0.3, -0.25) is 4.79 Å². The van der Waals surface area contributed by atoms with Crippen LogP contribution >= 0.6 is 0 Å². The lowest BCUT2D eigenvalue weighted by molar-refractivity contribution is -0.132. The number of pyridine rings is 1. The van der Waals surface area contributed by atoms with Crippen molar-refractivity contribution in [3.8, 4) is 11.1 Å². The Bertz CT molecular complexity index is 1570.